The molecule has 1 fully saturated rings. The predicted molar refractivity (Wildman–Crippen MR) is 107 cm³/mol. The van der Waals surface area contributed by atoms with Crippen LogP contribution in [0.15, 0.2) is 18.6 Å². The number of anilines is 2. The molecule has 9 nitrogen and oxygen atoms in total. The van der Waals surface area contributed by atoms with Crippen LogP contribution in [0.3, 0.4) is 0 Å². The van der Waals surface area contributed by atoms with E-state index in [4.69, 9.17) is 20.8 Å². The van der Waals surface area contributed by atoms with E-state index in [1.54, 1.807) is 17.1 Å². The van der Waals surface area contributed by atoms with Crippen LogP contribution in [0.2, 0.25) is 0 Å². The van der Waals surface area contributed by atoms with E-state index in [0.29, 0.717) is 36.2 Å². The minimum absolute atomic E-state index is 0.0167. The molecule has 1 aliphatic carbocycles. The zero-order chi connectivity index (χ0) is 19.7. The lowest BCUT2D eigenvalue weighted by atomic mass is 10.1. The van der Waals surface area contributed by atoms with Gasteiger partial charge in [0.25, 0.3) is 0 Å². The third-order valence-electron chi connectivity index (χ3n) is 5.15. The zero-order valence-corrected chi connectivity index (χ0v) is 15.8. The number of rotatable bonds is 6. The Hall–Kier alpha value is -2.78. The van der Waals surface area contributed by atoms with Crippen molar-refractivity contribution < 1.29 is 10.2 Å². The first kappa shape index (κ1) is 18.6. The fourth-order valence-corrected chi connectivity index (χ4v) is 3.68. The summed E-state index contributed by atoms with van der Waals surface area (Å²) in [4.78, 5) is 13.9. The van der Waals surface area contributed by atoms with E-state index in [2.05, 4.69) is 15.4 Å². The number of aryl methyl sites for hydroxylation is 1. The second-order valence-corrected chi connectivity index (χ2v) is 7.15. The second-order valence-electron chi connectivity index (χ2n) is 7.15. The summed E-state index contributed by atoms with van der Waals surface area (Å²) in [5, 5.41) is 26.7. The Morgan fingerprint density at radius 1 is 1.25 bits per heavy atom. The fraction of sp³-hybridized carbons (Fsp3) is 0.474. The van der Waals surface area contributed by atoms with Crippen LogP contribution in [0.1, 0.15) is 31.9 Å². The Labute approximate surface area is 162 Å². The molecule has 4 rings (SSSR count). The molecule has 1 aliphatic rings. The van der Waals surface area contributed by atoms with Crippen molar-refractivity contribution in [3.05, 3.63) is 24.3 Å². The number of nitrogens with one attached hydrogen (secondary N) is 1. The summed E-state index contributed by atoms with van der Waals surface area (Å²) >= 11 is 0. The van der Waals surface area contributed by atoms with Gasteiger partial charge in [0.2, 0.25) is 0 Å². The molecule has 0 bridgehead atoms. The van der Waals surface area contributed by atoms with Gasteiger partial charge in [-0.2, -0.15) is 5.10 Å². The third-order valence-corrected chi connectivity index (χ3v) is 5.15. The van der Waals surface area contributed by atoms with Gasteiger partial charge in [0.1, 0.15) is 16.9 Å². The first-order chi connectivity index (χ1) is 13.6. The first-order valence-electron chi connectivity index (χ1n) is 9.62. The molecule has 0 radical (unpaired) electrons. The maximum absolute atomic E-state index is 9.82. The van der Waals surface area contributed by atoms with E-state index in [1.165, 1.54) is 0 Å². The van der Waals surface area contributed by atoms with Crippen molar-refractivity contribution in [2.75, 3.05) is 17.7 Å². The molecule has 9 heteroatoms. The third kappa shape index (κ3) is 3.50. The second kappa shape index (κ2) is 7.69. The number of aromatic nitrogens is 5. The van der Waals surface area contributed by atoms with Gasteiger partial charge in [-0.15, -0.1) is 0 Å². The Bertz CT molecular complexity index is 988. The van der Waals surface area contributed by atoms with Crippen LogP contribution in [-0.4, -0.2) is 53.7 Å². The smallest absolute Gasteiger partial charge is 0.151 e. The number of hydrogen-bond donors (Lipinski definition) is 4. The highest BCUT2D eigenvalue weighted by Gasteiger charge is 2.24. The number of aliphatic hydroxyl groups excluding tert-OH is 2. The van der Waals surface area contributed by atoms with Crippen molar-refractivity contribution in [1.29, 1.82) is 0 Å². The largest absolute Gasteiger partial charge is 0.394 e. The van der Waals surface area contributed by atoms with Crippen LogP contribution in [0, 0.1) is 0 Å². The molecule has 3 aromatic rings. The van der Waals surface area contributed by atoms with E-state index >= 15 is 0 Å². The molecule has 0 aromatic carbocycles. The molecule has 0 spiro atoms. The molecule has 1 saturated carbocycles. The normalized spacial score (nSPS) is 19.4. The number of pyridine rings is 1. The quantitative estimate of drug-likeness (QED) is 0.501. The predicted octanol–water partition coefficient (Wildman–Crippen LogP) is 1.35. The van der Waals surface area contributed by atoms with Gasteiger partial charge in [0.15, 0.2) is 5.82 Å². The summed E-state index contributed by atoms with van der Waals surface area (Å²) in [5.41, 5.74) is 9.78. The number of fused-ring (bicyclic) bond motifs is 1. The van der Waals surface area contributed by atoms with Crippen molar-refractivity contribution in [3.63, 3.8) is 0 Å². The van der Waals surface area contributed by atoms with Gasteiger partial charge < -0.3 is 21.3 Å². The van der Waals surface area contributed by atoms with Crippen LogP contribution in [0.25, 0.3) is 22.2 Å². The minimum atomic E-state index is -0.260. The molecule has 2 atom stereocenters. The van der Waals surface area contributed by atoms with E-state index in [-0.39, 0.29) is 18.8 Å². The van der Waals surface area contributed by atoms with E-state index < -0.39 is 0 Å². The molecule has 0 amide bonds. The van der Waals surface area contributed by atoms with E-state index in [9.17, 15) is 5.11 Å². The molecule has 5 N–H and O–H groups in total. The SMILES string of the molecule is CCc1nc2c(N)ncc(-c3cnn(CCO)c3)c2nc1NC1CC[C@H](O)C1. The highest BCUT2D eigenvalue weighted by molar-refractivity contribution is 5.96. The van der Waals surface area contributed by atoms with Crippen LogP contribution in [-0.2, 0) is 13.0 Å². The van der Waals surface area contributed by atoms with Crippen LogP contribution >= 0.6 is 0 Å². The number of hydrogen-bond acceptors (Lipinski definition) is 8. The summed E-state index contributed by atoms with van der Waals surface area (Å²) < 4.78 is 1.67. The molecule has 1 unspecified atom stereocenters. The minimum Gasteiger partial charge on any atom is -0.394 e. The molecule has 0 aliphatic heterocycles. The molecule has 3 heterocycles. The van der Waals surface area contributed by atoms with Gasteiger partial charge >= 0.3 is 0 Å². The Kier molecular flexibility index (Phi) is 5.10. The van der Waals surface area contributed by atoms with Gasteiger partial charge in [-0.25, -0.2) is 15.0 Å². The fourth-order valence-electron chi connectivity index (χ4n) is 3.68. The van der Waals surface area contributed by atoms with Gasteiger partial charge in [0.05, 0.1) is 31.1 Å². The van der Waals surface area contributed by atoms with E-state index in [0.717, 1.165) is 35.5 Å². The monoisotopic (exact) mass is 383 g/mol. The van der Waals surface area contributed by atoms with E-state index in [1.807, 2.05) is 13.1 Å². The number of nitrogens with zero attached hydrogens (tertiary/aromatic N) is 5. The average molecular weight is 383 g/mol. The summed E-state index contributed by atoms with van der Waals surface area (Å²) in [5.74, 6) is 1.07. The van der Waals surface area contributed by atoms with Crippen LogP contribution < -0.4 is 11.1 Å². The van der Waals surface area contributed by atoms with Crippen LogP contribution in [0.5, 0.6) is 0 Å². The van der Waals surface area contributed by atoms with Crippen molar-refractivity contribution in [2.24, 2.45) is 0 Å². The number of aliphatic hydroxyl groups is 2. The zero-order valence-electron chi connectivity index (χ0n) is 15.8. The van der Waals surface area contributed by atoms with Gasteiger partial charge in [-0.1, -0.05) is 6.92 Å². The summed E-state index contributed by atoms with van der Waals surface area (Å²) in [6, 6.07) is 0.182. The molecule has 3 aromatic heterocycles. The average Bonchev–Trinajstić information content (AvgIpc) is 3.31. The van der Waals surface area contributed by atoms with Crippen molar-refractivity contribution in [2.45, 2.75) is 51.3 Å². The topological polar surface area (TPSA) is 135 Å². The molecular weight excluding hydrogens is 358 g/mol. The van der Waals surface area contributed by atoms with Gasteiger partial charge in [-0.3, -0.25) is 4.68 Å². The molecule has 0 saturated heterocycles. The lowest BCUT2D eigenvalue weighted by Crippen LogP contribution is -2.19. The van der Waals surface area contributed by atoms with Crippen molar-refractivity contribution in [3.8, 4) is 11.1 Å². The first-order valence-corrected chi connectivity index (χ1v) is 9.62. The van der Waals surface area contributed by atoms with Gasteiger partial charge in [0, 0.05) is 29.6 Å². The Morgan fingerprint density at radius 2 is 2.11 bits per heavy atom. The van der Waals surface area contributed by atoms with Gasteiger partial charge in [-0.05, 0) is 25.7 Å². The molecular formula is C19H25N7O2. The van der Waals surface area contributed by atoms with Crippen molar-refractivity contribution >= 4 is 22.7 Å². The lowest BCUT2D eigenvalue weighted by molar-refractivity contribution is 0.182. The maximum atomic E-state index is 9.82. The van der Waals surface area contributed by atoms with Crippen molar-refractivity contribution in [1.82, 2.24) is 24.7 Å². The highest BCUT2D eigenvalue weighted by Crippen LogP contribution is 2.31. The summed E-state index contributed by atoms with van der Waals surface area (Å²) in [6.07, 6.45) is 8.11. The summed E-state index contributed by atoms with van der Waals surface area (Å²) in [6.45, 7) is 2.46. The number of nitrogens with two attached hydrogens (primary N) is 1. The molecule has 28 heavy (non-hydrogen) atoms. The Balaban J connectivity index is 1.79. The lowest BCUT2D eigenvalue weighted by Gasteiger charge is -2.17. The standard InChI is InChI=1S/C19H25N7O2/c1-2-15-19(23-12-3-4-13(28)7-12)25-16-14(9-21-18(20)17(16)24-15)11-8-22-26(10-11)5-6-27/h8-10,12-13,27-28H,2-7H2,1H3,(H2,20,21)(H,23,25)/t12?,13-/m0/s1. The van der Waals surface area contributed by atoms with Crippen LogP contribution in [0.4, 0.5) is 11.6 Å². The number of nitrogen functional groups attached to an aromatic ring is 1. The Morgan fingerprint density at radius 3 is 2.82 bits per heavy atom. The maximum Gasteiger partial charge on any atom is 0.151 e. The molecule has 148 valence electrons. The highest BCUT2D eigenvalue weighted by atomic mass is 16.3. The summed E-state index contributed by atoms with van der Waals surface area (Å²) in [7, 11) is 0.